The van der Waals surface area contributed by atoms with Crippen LogP contribution in [0, 0.1) is 0 Å². The van der Waals surface area contributed by atoms with Crippen molar-refractivity contribution in [3.05, 3.63) is 29.8 Å². The van der Waals surface area contributed by atoms with Gasteiger partial charge in [-0.05, 0) is 24.1 Å². The van der Waals surface area contributed by atoms with Crippen molar-refractivity contribution in [1.82, 2.24) is 0 Å². The lowest BCUT2D eigenvalue weighted by molar-refractivity contribution is 0.561. The number of aryl methyl sites for hydroxylation is 1. The Labute approximate surface area is 77.1 Å². The summed E-state index contributed by atoms with van der Waals surface area (Å²) < 4.78 is 20.1. The second kappa shape index (κ2) is 3.51. The average molecular weight is 202 g/mol. The first-order chi connectivity index (χ1) is 5.54. The Morgan fingerprint density at radius 1 is 1.58 bits per heavy atom. The Balaban J connectivity index is 3.20. The summed E-state index contributed by atoms with van der Waals surface area (Å²) in [5.41, 5.74) is 1.03. The summed E-state index contributed by atoms with van der Waals surface area (Å²) in [6.45, 7) is 1.99. The molecule has 66 valence electrons. The fourth-order valence-electron chi connectivity index (χ4n) is 0.926. The maximum Gasteiger partial charge on any atom is 0.171 e. The maximum atomic E-state index is 11.0. The van der Waals surface area contributed by atoms with E-state index in [2.05, 4.69) is 11.2 Å². The van der Waals surface area contributed by atoms with Gasteiger partial charge in [0.25, 0.3) is 0 Å². The molecule has 0 heterocycles. The second-order valence-electron chi connectivity index (χ2n) is 2.48. The quantitative estimate of drug-likeness (QED) is 0.795. The van der Waals surface area contributed by atoms with Gasteiger partial charge in [-0.25, -0.2) is 4.21 Å². The summed E-state index contributed by atoms with van der Waals surface area (Å²) in [4.78, 5) is 0.330. The Morgan fingerprint density at radius 3 is 2.75 bits per heavy atom. The molecular formula is C8H10O2S2. The summed E-state index contributed by atoms with van der Waals surface area (Å²) in [7, 11) is -3.20. The lowest BCUT2D eigenvalue weighted by Gasteiger charge is -2.01. The first-order valence-corrected chi connectivity index (χ1v) is 6.04. The van der Waals surface area contributed by atoms with Gasteiger partial charge in [0.1, 0.15) is 0 Å². The van der Waals surface area contributed by atoms with E-state index in [1.54, 1.807) is 18.2 Å². The Hall–Kier alpha value is -0.450. The van der Waals surface area contributed by atoms with Crippen LogP contribution in [0.3, 0.4) is 0 Å². The first-order valence-electron chi connectivity index (χ1n) is 3.60. The fraction of sp³-hybridized carbons (Fsp3) is 0.250. The molecule has 0 aliphatic rings. The topological polar surface area (TPSA) is 37.3 Å². The molecule has 1 unspecified atom stereocenters. The number of benzene rings is 1. The molecule has 0 aromatic heterocycles. The minimum atomic E-state index is -3.20. The van der Waals surface area contributed by atoms with Crippen molar-refractivity contribution in [2.24, 2.45) is 0 Å². The van der Waals surface area contributed by atoms with E-state index in [1.807, 2.05) is 13.0 Å². The molecule has 0 aliphatic carbocycles. The SMILES string of the molecule is CCc1cccc(S(=O)(O)=S)c1. The third-order valence-electron chi connectivity index (χ3n) is 1.60. The molecule has 0 saturated carbocycles. The Morgan fingerprint density at radius 2 is 2.25 bits per heavy atom. The van der Waals surface area contributed by atoms with E-state index < -0.39 is 8.77 Å². The first kappa shape index (κ1) is 9.64. The molecule has 2 nitrogen and oxygen atoms in total. The third-order valence-corrected chi connectivity index (χ3v) is 3.03. The number of hydrogen-bond acceptors (Lipinski definition) is 2. The highest BCUT2D eigenvalue weighted by atomic mass is 32.8. The molecule has 12 heavy (non-hydrogen) atoms. The minimum Gasteiger partial charge on any atom is -0.302 e. The van der Waals surface area contributed by atoms with Crippen LogP contribution in [0.15, 0.2) is 29.2 Å². The lowest BCUT2D eigenvalue weighted by Crippen LogP contribution is -1.96. The molecule has 0 radical (unpaired) electrons. The summed E-state index contributed by atoms with van der Waals surface area (Å²) in [5, 5.41) is 0. The average Bonchev–Trinajstić information content (AvgIpc) is 2.03. The van der Waals surface area contributed by atoms with E-state index in [-0.39, 0.29) is 0 Å². The highest BCUT2D eigenvalue weighted by Crippen LogP contribution is 2.11. The molecule has 0 saturated heterocycles. The van der Waals surface area contributed by atoms with Crippen LogP contribution in [0.2, 0.25) is 0 Å². The van der Waals surface area contributed by atoms with Crippen molar-refractivity contribution in [3.63, 3.8) is 0 Å². The molecule has 1 N–H and O–H groups in total. The van der Waals surface area contributed by atoms with Gasteiger partial charge in [0.05, 0.1) is 4.90 Å². The van der Waals surface area contributed by atoms with Crippen molar-refractivity contribution in [1.29, 1.82) is 0 Å². The molecular weight excluding hydrogens is 192 g/mol. The zero-order valence-electron chi connectivity index (χ0n) is 6.69. The number of hydrogen-bond donors (Lipinski definition) is 1. The smallest absolute Gasteiger partial charge is 0.171 e. The predicted molar refractivity (Wildman–Crippen MR) is 52.2 cm³/mol. The van der Waals surface area contributed by atoms with E-state index >= 15 is 0 Å². The Kier molecular flexibility index (Phi) is 2.82. The Bertz CT molecular complexity index is 368. The molecule has 0 amide bonds. The molecule has 0 aliphatic heterocycles. The van der Waals surface area contributed by atoms with E-state index in [0.717, 1.165) is 12.0 Å². The van der Waals surface area contributed by atoms with Gasteiger partial charge in [-0.1, -0.05) is 19.1 Å². The molecule has 1 aromatic rings. The number of rotatable bonds is 2. The van der Waals surface area contributed by atoms with Crippen LogP contribution in [0.5, 0.6) is 0 Å². The van der Waals surface area contributed by atoms with Gasteiger partial charge in [-0.2, -0.15) is 0 Å². The highest BCUT2D eigenvalue weighted by Gasteiger charge is 2.04. The monoisotopic (exact) mass is 202 g/mol. The van der Waals surface area contributed by atoms with Gasteiger partial charge >= 0.3 is 0 Å². The van der Waals surface area contributed by atoms with Crippen LogP contribution in [-0.4, -0.2) is 8.76 Å². The molecule has 0 fully saturated rings. The molecule has 0 bridgehead atoms. The predicted octanol–water partition coefficient (Wildman–Crippen LogP) is 1.83. The van der Waals surface area contributed by atoms with E-state index in [4.69, 9.17) is 4.55 Å². The minimum absolute atomic E-state index is 0.330. The van der Waals surface area contributed by atoms with Crippen molar-refractivity contribution >= 4 is 20.0 Å². The van der Waals surface area contributed by atoms with E-state index in [0.29, 0.717) is 4.90 Å². The standard InChI is InChI=1S/C8H10O2S2/c1-2-7-4-3-5-8(6-7)12(9,10)11/h3-6H,2H2,1H3,(H,9,10,11). The molecule has 0 spiro atoms. The second-order valence-corrected chi connectivity index (χ2v) is 5.25. The highest BCUT2D eigenvalue weighted by molar-refractivity contribution is 8.29. The van der Waals surface area contributed by atoms with Crippen LogP contribution in [0.25, 0.3) is 0 Å². The van der Waals surface area contributed by atoms with Crippen molar-refractivity contribution in [2.45, 2.75) is 18.2 Å². The van der Waals surface area contributed by atoms with Gasteiger partial charge in [0.2, 0.25) is 0 Å². The van der Waals surface area contributed by atoms with Crippen molar-refractivity contribution in [3.8, 4) is 0 Å². The molecule has 1 aromatic carbocycles. The van der Waals surface area contributed by atoms with Crippen LogP contribution in [0.4, 0.5) is 0 Å². The molecule has 1 rings (SSSR count). The molecule has 4 heteroatoms. The normalized spacial score (nSPS) is 15.5. The van der Waals surface area contributed by atoms with Crippen LogP contribution < -0.4 is 0 Å². The van der Waals surface area contributed by atoms with Gasteiger partial charge in [-0.3, -0.25) is 0 Å². The summed E-state index contributed by atoms with van der Waals surface area (Å²) in [6, 6.07) is 6.91. The zero-order valence-corrected chi connectivity index (χ0v) is 8.32. The molecule has 1 atom stereocenters. The zero-order chi connectivity index (χ0) is 9.19. The third kappa shape index (κ3) is 2.27. The van der Waals surface area contributed by atoms with Crippen molar-refractivity contribution < 1.29 is 8.76 Å². The van der Waals surface area contributed by atoms with Gasteiger partial charge < -0.3 is 4.55 Å². The maximum absolute atomic E-state index is 11.0. The largest absolute Gasteiger partial charge is 0.302 e. The van der Waals surface area contributed by atoms with Crippen LogP contribution in [0.1, 0.15) is 12.5 Å². The van der Waals surface area contributed by atoms with E-state index in [9.17, 15) is 4.21 Å². The van der Waals surface area contributed by atoms with Crippen LogP contribution in [-0.2, 0) is 26.4 Å². The van der Waals surface area contributed by atoms with Gasteiger partial charge in [0.15, 0.2) is 8.77 Å². The summed E-state index contributed by atoms with van der Waals surface area (Å²) >= 11 is 4.44. The fourth-order valence-corrected chi connectivity index (χ4v) is 1.79. The van der Waals surface area contributed by atoms with Crippen molar-refractivity contribution in [2.75, 3.05) is 0 Å². The van der Waals surface area contributed by atoms with E-state index in [1.165, 1.54) is 0 Å². The summed E-state index contributed by atoms with van der Waals surface area (Å²) in [6.07, 6.45) is 0.846. The van der Waals surface area contributed by atoms with Crippen LogP contribution >= 0.6 is 0 Å². The van der Waals surface area contributed by atoms with Gasteiger partial charge in [0, 0.05) is 11.2 Å². The lowest BCUT2D eigenvalue weighted by atomic mass is 10.2. The van der Waals surface area contributed by atoms with Gasteiger partial charge in [-0.15, -0.1) is 0 Å². The summed E-state index contributed by atoms with van der Waals surface area (Å²) in [5.74, 6) is 0.